The SMILES string of the molecule is CN(C(=O)NCc1cc2cc(Cl)ccc2[nH]1)[C@@H]1CCCN(C(=O)CC(C)(C)O)C1. The van der Waals surface area contributed by atoms with E-state index in [4.69, 9.17) is 11.6 Å². The maximum absolute atomic E-state index is 12.6. The molecule has 1 aromatic heterocycles. The number of fused-ring (bicyclic) bond motifs is 1. The molecule has 8 heteroatoms. The molecule has 3 rings (SSSR count). The van der Waals surface area contributed by atoms with E-state index in [1.807, 2.05) is 24.3 Å². The maximum Gasteiger partial charge on any atom is 0.317 e. The van der Waals surface area contributed by atoms with Gasteiger partial charge in [-0.2, -0.15) is 0 Å². The van der Waals surface area contributed by atoms with E-state index in [-0.39, 0.29) is 24.4 Å². The van der Waals surface area contributed by atoms with Crippen LogP contribution in [0.1, 0.15) is 38.8 Å². The molecule has 0 aliphatic carbocycles. The van der Waals surface area contributed by atoms with Crippen molar-refractivity contribution in [2.24, 2.45) is 0 Å². The number of aliphatic hydroxyl groups is 1. The average Bonchev–Trinajstić information content (AvgIpc) is 3.06. The summed E-state index contributed by atoms with van der Waals surface area (Å²) in [7, 11) is 1.76. The zero-order valence-corrected chi connectivity index (χ0v) is 17.9. The summed E-state index contributed by atoms with van der Waals surface area (Å²) in [6.07, 6.45) is 1.77. The lowest BCUT2D eigenvalue weighted by molar-refractivity contribution is -0.137. The predicted molar refractivity (Wildman–Crippen MR) is 114 cm³/mol. The van der Waals surface area contributed by atoms with E-state index in [9.17, 15) is 14.7 Å². The van der Waals surface area contributed by atoms with E-state index >= 15 is 0 Å². The van der Waals surface area contributed by atoms with Crippen LogP contribution in [0.2, 0.25) is 5.02 Å². The maximum atomic E-state index is 12.6. The van der Waals surface area contributed by atoms with Crippen LogP contribution < -0.4 is 5.32 Å². The molecule has 0 bridgehead atoms. The highest BCUT2D eigenvalue weighted by Crippen LogP contribution is 2.21. The van der Waals surface area contributed by atoms with E-state index in [1.165, 1.54) is 0 Å². The first kappa shape index (κ1) is 21.5. The van der Waals surface area contributed by atoms with Crippen LogP contribution in [-0.4, -0.2) is 63.6 Å². The molecule has 1 aliphatic heterocycles. The minimum atomic E-state index is -1.03. The Morgan fingerprint density at radius 3 is 2.86 bits per heavy atom. The summed E-state index contributed by atoms with van der Waals surface area (Å²) >= 11 is 6.02. The van der Waals surface area contributed by atoms with Crippen LogP contribution in [0.25, 0.3) is 10.9 Å². The number of aromatic amines is 1. The van der Waals surface area contributed by atoms with Crippen LogP contribution in [0.3, 0.4) is 0 Å². The monoisotopic (exact) mass is 420 g/mol. The molecule has 7 nitrogen and oxygen atoms in total. The van der Waals surface area contributed by atoms with E-state index in [0.717, 1.165) is 29.4 Å². The van der Waals surface area contributed by atoms with Crippen LogP contribution >= 0.6 is 11.6 Å². The lowest BCUT2D eigenvalue weighted by Crippen LogP contribution is -2.53. The fourth-order valence-corrected chi connectivity index (χ4v) is 3.88. The number of H-pyrrole nitrogens is 1. The standard InChI is InChI=1S/C21H29ClN4O3/c1-21(2,29)11-19(27)26-8-4-5-17(13-26)25(3)20(28)23-12-16-10-14-9-15(22)6-7-18(14)24-16/h6-7,9-10,17,24,29H,4-5,8,11-13H2,1-3H3,(H,23,28)/t17-/m1/s1. The molecule has 2 heterocycles. The van der Waals surface area contributed by atoms with E-state index < -0.39 is 5.60 Å². The summed E-state index contributed by atoms with van der Waals surface area (Å²) in [5, 5.41) is 14.5. The summed E-state index contributed by atoms with van der Waals surface area (Å²) in [5.74, 6) is -0.0762. The minimum absolute atomic E-state index is 0.0453. The van der Waals surface area contributed by atoms with Gasteiger partial charge in [0, 0.05) is 41.8 Å². The molecule has 0 radical (unpaired) electrons. The minimum Gasteiger partial charge on any atom is -0.390 e. The van der Waals surface area contributed by atoms with Crippen LogP contribution in [0.15, 0.2) is 24.3 Å². The Bertz CT molecular complexity index is 890. The van der Waals surface area contributed by atoms with Crippen LogP contribution in [0.4, 0.5) is 4.79 Å². The number of likely N-dealkylation sites (tertiary alicyclic amines) is 1. The van der Waals surface area contributed by atoms with Gasteiger partial charge in [-0.05, 0) is 51.0 Å². The normalized spacial score (nSPS) is 17.4. The largest absolute Gasteiger partial charge is 0.390 e. The Labute approximate surface area is 176 Å². The van der Waals surface area contributed by atoms with Gasteiger partial charge in [-0.3, -0.25) is 4.79 Å². The fourth-order valence-electron chi connectivity index (χ4n) is 3.70. The number of carbonyl (C=O) groups excluding carboxylic acids is 2. The Hall–Kier alpha value is -2.25. The van der Waals surface area contributed by atoms with Gasteiger partial charge in [0.1, 0.15) is 0 Å². The van der Waals surface area contributed by atoms with Crippen LogP contribution in [0, 0.1) is 0 Å². The second-order valence-corrected chi connectivity index (χ2v) is 8.86. The lowest BCUT2D eigenvalue weighted by atomic mass is 10.0. The highest BCUT2D eigenvalue weighted by Gasteiger charge is 2.30. The number of nitrogens with one attached hydrogen (secondary N) is 2. The number of piperidine rings is 1. The Kier molecular flexibility index (Phi) is 6.39. The summed E-state index contributed by atoms with van der Waals surface area (Å²) in [4.78, 5) is 31.7. The average molecular weight is 421 g/mol. The molecule has 1 fully saturated rings. The zero-order chi connectivity index (χ0) is 21.2. The Morgan fingerprint density at radius 1 is 1.38 bits per heavy atom. The fraction of sp³-hybridized carbons (Fsp3) is 0.524. The van der Waals surface area contributed by atoms with Gasteiger partial charge in [0.15, 0.2) is 0 Å². The van der Waals surface area contributed by atoms with Crippen molar-refractivity contribution >= 4 is 34.4 Å². The van der Waals surface area contributed by atoms with E-state index in [2.05, 4.69) is 10.3 Å². The number of amides is 3. The number of hydrogen-bond donors (Lipinski definition) is 3. The molecule has 1 saturated heterocycles. The number of urea groups is 1. The van der Waals surface area contributed by atoms with Gasteiger partial charge in [-0.1, -0.05) is 11.6 Å². The molecular formula is C21H29ClN4O3. The summed E-state index contributed by atoms with van der Waals surface area (Å²) < 4.78 is 0. The molecule has 29 heavy (non-hydrogen) atoms. The highest BCUT2D eigenvalue weighted by molar-refractivity contribution is 6.31. The third kappa shape index (κ3) is 5.64. The van der Waals surface area contributed by atoms with Crippen molar-refractivity contribution in [3.63, 3.8) is 0 Å². The summed E-state index contributed by atoms with van der Waals surface area (Å²) in [6, 6.07) is 7.37. The predicted octanol–water partition coefficient (Wildman–Crippen LogP) is 3.11. The second kappa shape index (κ2) is 8.63. The van der Waals surface area contributed by atoms with Crippen LogP contribution in [0.5, 0.6) is 0 Å². The number of aromatic nitrogens is 1. The highest BCUT2D eigenvalue weighted by atomic mass is 35.5. The molecule has 1 atom stereocenters. The third-order valence-electron chi connectivity index (χ3n) is 5.27. The smallest absolute Gasteiger partial charge is 0.317 e. The Morgan fingerprint density at radius 2 is 2.14 bits per heavy atom. The van der Waals surface area contributed by atoms with Gasteiger partial charge >= 0.3 is 6.03 Å². The number of benzene rings is 1. The molecule has 2 aromatic rings. The quantitative estimate of drug-likeness (QED) is 0.694. The first-order valence-corrected chi connectivity index (χ1v) is 10.3. The van der Waals surface area contributed by atoms with Crippen molar-refractivity contribution in [2.45, 2.75) is 51.3 Å². The molecule has 158 valence electrons. The van der Waals surface area contributed by atoms with Gasteiger partial charge in [-0.25, -0.2) is 4.79 Å². The number of rotatable bonds is 5. The number of nitrogens with zero attached hydrogens (tertiary/aromatic N) is 2. The first-order valence-electron chi connectivity index (χ1n) is 9.90. The number of carbonyl (C=O) groups is 2. The number of likely N-dealkylation sites (N-methyl/N-ethyl adjacent to an activating group) is 1. The number of hydrogen-bond acceptors (Lipinski definition) is 3. The van der Waals surface area contributed by atoms with Crippen molar-refractivity contribution in [1.29, 1.82) is 0 Å². The molecule has 3 amide bonds. The second-order valence-electron chi connectivity index (χ2n) is 8.42. The van der Waals surface area contributed by atoms with Crippen molar-refractivity contribution in [1.82, 2.24) is 20.1 Å². The van der Waals surface area contributed by atoms with Crippen molar-refractivity contribution in [3.05, 3.63) is 35.0 Å². The van der Waals surface area contributed by atoms with Crippen molar-refractivity contribution in [2.75, 3.05) is 20.1 Å². The molecular weight excluding hydrogens is 392 g/mol. The van der Waals surface area contributed by atoms with Gasteiger partial charge in [0.05, 0.1) is 24.6 Å². The summed E-state index contributed by atoms with van der Waals surface area (Å²) in [5.41, 5.74) is 0.840. The van der Waals surface area contributed by atoms with E-state index in [0.29, 0.717) is 24.7 Å². The van der Waals surface area contributed by atoms with Gasteiger partial charge in [-0.15, -0.1) is 0 Å². The summed E-state index contributed by atoms with van der Waals surface area (Å²) in [6.45, 7) is 4.79. The Balaban J connectivity index is 1.55. The zero-order valence-electron chi connectivity index (χ0n) is 17.2. The van der Waals surface area contributed by atoms with Crippen LogP contribution in [-0.2, 0) is 11.3 Å². The molecule has 1 aromatic carbocycles. The van der Waals surface area contributed by atoms with Gasteiger partial charge in [0.25, 0.3) is 0 Å². The van der Waals surface area contributed by atoms with Crippen molar-refractivity contribution < 1.29 is 14.7 Å². The lowest BCUT2D eigenvalue weighted by Gasteiger charge is -2.38. The molecule has 1 aliphatic rings. The van der Waals surface area contributed by atoms with Crippen molar-refractivity contribution in [3.8, 4) is 0 Å². The molecule has 0 spiro atoms. The van der Waals surface area contributed by atoms with E-state index in [1.54, 1.807) is 30.7 Å². The topological polar surface area (TPSA) is 88.7 Å². The first-order chi connectivity index (χ1) is 13.6. The van der Waals surface area contributed by atoms with Gasteiger partial charge in [0.2, 0.25) is 5.91 Å². The molecule has 3 N–H and O–H groups in total. The van der Waals surface area contributed by atoms with Gasteiger partial charge < -0.3 is 25.2 Å². The number of halogens is 1. The molecule has 0 unspecified atom stereocenters. The third-order valence-corrected chi connectivity index (χ3v) is 5.50. The molecule has 0 saturated carbocycles.